The van der Waals surface area contributed by atoms with Gasteiger partial charge >= 0.3 is 24.3 Å². The molecule has 1 aliphatic rings. The number of aromatic nitrogens is 1. The Balaban J connectivity index is 0.000000500. The van der Waals surface area contributed by atoms with Crippen molar-refractivity contribution in [1.29, 1.82) is 0 Å². The zero-order valence-electron chi connectivity index (χ0n) is 25.9. The summed E-state index contributed by atoms with van der Waals surface area (Å²) >= 11 is 2.18. The van der Waals surface area contributed by atoms with Crippen LogP contribution in [0.2, 0.25) is 0 Å². The molecule has 0 unspecified atom stereocenters. The van der Waals surface area contributed by atoms with Gasteiger partial charge in [-0.15, -0.1) is 0 Å². The third kappa shape index (κ3) is 13.2. The topological polar surface area (TPSA) is 176 Å². The average Bonchev–Trinajstić information content (AvgIpc) is 3.00. The molecule has 1 saturated heterocycles. The highest BCUT2D eigenvalue weighted by molar-refractivity contribution is 14.1. The number of carbonyl (C=O) groups is 3. The number of hydrogen-bond donors (Lipinski definition) is 5. The third-order valence-corrected chi connectivity index (χ3v) is 7.44. The lowest BCUT2D eigenvalue weighted by Gasteiger charge is -2.33. The van der Waals surface area contributed by atoms with E-state index in [-0.39, 0.29) is 23.3 Å². The van der Waals surface area contributed by atoms with Gasteiger partial charge in [-0.1, -0.05) is 0 Å². The number of rotatable bonds is 7. The maximum atomic E-state index is 12.4. The minimum atomic E-state index is -5.08. The number of amides is 1. The molecular weight excluding hydrogens is 783 g/mol. The second kappa shape index (κ2) is 17.8. The summed E-state index contributed by atoms with van der Waals surface area (Å²) in [6, 6.07) is 13.4. The van der Waals surface area contributed by atoms with Gasteiger partial charge in [-0.25, -0.2) is 9.59 Å². The monoisotopic (exact) mass is 815 g/mol. The van der Waals surface area contributed by atoms with Crippen LogP contribution in [0.3, 0.4) is 0 Å². The molecule has 0 radical (unpaired) electrons. The summed E-state index contributed by atoms with van der Waals surface area (Å²) in [5.41, 5.74) is 1.99. The van der Waals surface area contributed by atoms with E-state index in [1.165, 1.54) is 0 Å². The van der Waals surface area contributed by atoms with Gasteiger partial charge < -0.3 is 30.4 Å². The van der Waals surface area contributed by atoms with Gasteiger partial charge in [-0.05, 0) is 92.0 Å². The molecule has 12 nitrogen and oxygen atoms in total. The first-order valence-corrected chi connectivity index (χ1v) is 15.2. The van der Waals surface area contributed by atoms with Crippen molar-refractivity contribution in [2.45, 2.75) is 25.2 Å². The van der Waals surface area contributed by atoms with Gasteiger partial charge in [0.1, 0.15) is 0 Å². The van der Waals surface area contributed by atoms with Gasteiger partial charge in [0.05, 0.1) is 11.3 Å². The van der Waals surface area contributed by atoms with Crippen molar-refractivity contribution in [3.8, 4) is 5.88 Å². The van der Waals surface area contributed by atoms with Crippen LogP contribution in [0.5, 0.6) is 5.88 Å². The van der Waals surface area contributed by atoms with Crippen molar-refractivity contribution in [1.82, 2.24) is 15.2 Å². The van der Waals surface area contributed by atoms with E-state index in [4.69, 9.17) is 19.8 Å². The number of anilines is 1. The van der Waals surface area contributed by atoms with Crippen LogP contribution >= 0.6 is 22.6 Å². The number of nitrogens with zero attached hydrogens (tertiary/aromatic N) is 3. The Labute approximate surface area is 288 Å². The molecule has 49 heavy (non-hydrogen) atoms. The Morgan fingerprint density at radius 1 is 0.980 bits per heavy atom. The average molecular weight is 816 g/mol. The van der Waals surface area contributed by atoms with Crippen LogP contribution < -0.4 is 15.8 Å². The van der Waals surface area contributed by atoms with Crippen molar-refractivity contribution in [2.75, 3.05) is 45.2 Å². The van der Waals surface area contributed by atoms with Gasteiger partial charge in [0.25, 0.3) is 5.56 Å². The summed E-state index contributed by atoms with van der Waals surface area (Å²) in [7, 11) is 3.99. The van der Waals surface area contributed by atoms with Crippen LogP contribution in [-0.4, -0.2) is 102 Å². The Bertz CT molecular complexity index is 1660. The molecule has 1 fully saturated rings. The zero-order valence-corrected chi connectivity index (χ0v) is 28.1. The molecule has 3 aromatic rings. The van der Waals surface area contributed by atoms with Crippen molar-refractivity contribution in [3.05, 3.63) is 62.0 Å². The fourth-order valence-corrected chi connectivity index (χ4v) is 4.76. The number of fused-ring (bicyclic) bond motifs is 1. The number of aromatic amines is 1. The number of nitrogens with one attached hydrogen (secondary N) is 2. The molecule has 2 aromatic carbocycles. The van der Waals surface area contributed by atoms with E-state index in [2.05, 4.69) is 47.7 Å². The number of carboxylic acids is 2. The minimum absolute atomic E-state index is 0.0696. The van der Waals surface area contributed by atoms with E-state index < -0.39 is 24.3 Å². The molecule has 0 atom stereocenters. The number of halogens is 7. The number of benzene rings is 2. The van der Waals surface area contributed by atoms with Gasteiger partial charge in [-0.3, -0.25) is 19.6 Å². The zero-order chi connectivity index (χ0) is 37.1. The molecule has 0 aliphatic carbocycles. The second-order valence-electron chi connectivity index (χ2n) is 10.6. The van der Waals surface area contributed by atoms with Crippen LogP contribution in [0.25, 0.3) is 10.8 Å². The molecule has 1 aromatic heterocycles. The summed E-state index contributed by atoms with van der Waals surface area (Å²) in [4.78, 5) is 53.7. The first-order chi connectivity index (χ1) is 22.7. The number of aliphatic imine (C=N–C) groups is 1. The lowest BCUT2D eigenvalue weighted by atomic mass is 9.95. The SMILES string of the molecule is CN(C)CCNC(=O)C1CCN(c2ccc(N=Cc3c(O)[nH]c(=O)c4ccc(I)cc34)cc2)CC1.O=C(O)C(F)(F)F.O=C(O)C(F)(F)F. The predicted molar refractivity (Wildman–Crippen MR) is 177 cm³/mol. The third-order valence-electron chi connectivity index (χ3n) is 6.77. The molecule has 4 rings (SSSR count). The highest BCUT2D eigenvalue weighted by atomic mass is 127. The predicted octanol–water partition coefficient (Wildman–Crippen LogP) is 4.75. The van der Waals surface area contributed by atoms with Gasteiger partial charge in [0.2, 0.25) is 11.8 Å². The number of carboxylic acid groups (broad SMARTS) is 2. The molecule has 0 spiro atoms. The van der Waals surface area contributed by atoms with Crippen LogP contribution in [0.15, 0.2) is 52.3 Å². The van der Waals surface area contributed by atoms with E-state index >= 15 is 0 Å². The van der Waals surface area contributed by atoms with E-state index in [1.807, 2.05) is 50.5 Å². The summed E-state index contributed by atoms with van der Waals surface area (Å²) in [5, 5.41) is 28.8. The Hall–Kier alpha value is -4.40. The standard InChI is InChI=1S/C26H30IN5O3.2C2HF3O2/c1-31(2)14-11-28-24(33)17-9-12-32(13-10-17)20-6-4-19(5-7-20)29-16-23-22-15-18(27)3-8-21(22)25(34)30-26(23)35;2*3-2(4,5)1(6)7/h3-8,15-17H,9-14H2,1-2H3,(H,28,33)(H2,30,34,35);2*(H,6,7). The van der Waals surface area contributed by atoms with Gasteiger partial charge in [0, 0.05) is 58.3 Å². The number of hydrogen-bond acceptors (Lipinski definition) is 8. The lowest BCUT2D eigenvalue weighted by molar-refractivity contribution is -0.193. The number of carbonyl (C=O) groups excluding carboxylic acids is 1. The number of aromatic hydroxyl groups is 1. The fraction of sp³-hybridized carbons (Fsp3) is 0.367. The van der Waals surface area contributed by atoms with Crippen molar-refractivity contribution in [2.24, 2.45) is 10.9 Å². The second-order valence-corrected chi connectivity index (χ2v) is 11.9. The quantitative estimate of drug-likeness (QED) is 0.128. The molecule has 2 heterocycles. The van der Waals surface area contributed by atoms with Crippen LogP contribution in [0, 0.1) is 9.49 Å². The highest BCUT2D eigenvalue weighted by Gasteiger charge is 2.39. The fourth-order valence-electron chi connectivity index (χ4n) is 4.27. The largest absolute Gasteiger partial charge is 0.494 e. The molecule has 0 saturated carbocycles. The number of H-pyrrole nitrogens is 1. The molecule has 1 aliphatic heterocycles. The van der Waals surface area contributed by atoms with Crippen molar-refractivity contribution >= 4 is 68.8 Å². The minimum Gasteiger partial charge on any atom is -0.494 e. The molecule has 19 heteroatoms. The van der Waals surface area contributed by atoms with E-state index in [1.54, 1.807) is 12.3 Å². The molecule has 0 bridgehead atoms. The Morgan fingerprint density at radius 3 is 2.00 bits per heavy atom. The lowest BCUT2D eigenvalue weighted by Crippen LogP contribution is -2.42. The first kappa shape index (κ1) is 40.8. The Kier molecular flexibility index (Phi) is 14.8. The summed E-state index contributed by atoms with van der Waals surface area (Å²) in [6.07, 6.45) is -6.91. The first-order valence-electron chi connectivity index (χ1n) is 14.2. The molecule has 5 N–H and O–H groups in total. The summed E-state index contributed by atoms with van der Waals surface area (Å²) in [5.74, 6) is -5.48. The normalized spacial score (nSPS) is 13.8. The van der Waals surface area contributed by atoms with Crippen molar-refractivity contribution < 1.29 is 56.0 Å². The van der Waals surface area contributed by atoms with E-state index in [9.17, 15) is 41.0 Å². The van der Waals surface area contributed by atoms with E-state index in [0.29, 0.717) is 22.9 Å². The van der Waals surface area contributed by atoms with Crippen LogP contribution in [0.4, 0.5) is 37.7 Å². The molecule has 1 amide bonds. The molecular formula is C30H32F6IN5O7. The number of pyridine rings is 1. The molecule has 268 valence electrons. The Morgan fingerprint density at radius 2 is 1.51 bits per heavy atom. The number of aliphatic carboxylic acids is 2. The van der Waals surface area contributed by atoms with Crippen LogP contribution in [0.1, 0.15) is 18.4 Å². The maximum Gasteiger partial charge on any atom is 0.490 e. The van der Waals surface area contributed by atoms with Crippen molar-refractivity contribution in [3.63, 3.8) is 0 Å². The number of alkyl halides is 6. The van der Waals surface area contributed by atoms with Gasteiger partial charge in [0.15, 0.2) is 0 Å². The highest BCUT2D eigenvalue weighted by Crippen LogP contribution is 2.27. The summed E-state index contributed by atoms with van der Waals surface area (Å²) in [6.45, 7) is 3.20. The maximum absolute atomic E-state index is 12.4. The number of piperidine rings is 1. The van der Waals surface area contributed by atoms with Crippen LogP contribution in [-0.2, 0) is 14.4 Å². The number of likely N-dealkylation sites (N-methyl/N-ethyl adjacent to an activating group) is 1. The smallest absolute Gasteiger partial charge is 0.490 e. The van der Waals surface area contributed by atoms with E-state index in [0.717, 1.165) is 47.4 Å². The summed E-state index contributed by atoms with van der Waals surface area (Å²) < 4.78 is 64.4. The van der Waals surface area contributed by atoms with Gasteiger partial charge in [-0.2, -0.15) is 26.3 Å².